The highest BCUT2D eigenvalue weighted by Crippen LogP contribution is 2.31. The van der Waals surface area contributed by atoms with Crippen molar-refractivity contribution in [2.24, 2.45) is 0 Å². The van der Waals surface area contributed by atoms with Crippen LogP contribution < -0.4 is 14.8 Å². The van der Waals surface area contributed by atoms with E-state index in [2.05, 4.69) is 5.32 Å². The third kappa shape index (κ3) is 5.22. The van der Waals surface area contributed by atoms with Crippen LogP contribution in [-0.2, 0) is 26.1 Å². The zero-order chi connectivity index (χ0) is 22.8. The van der Waals surface area contributed by atoms with Gasteiger partial charge in [0.25, 0.3) is 0 Å². The SMILES string of the molecule is COc1ccc(CCN[C@H]2CS(=O)(=O)C[C@@H]2S(=O)(=O)c2cc(C)c(OC)cc2C)cc1. The average molecular weight is 468 g/mol. The van der Waals surface area contributed by atoms with Crippen molar-refractivity contribution in [3.05, 3.63) is 53.1 Å². The molecule has 0 unspecified atom stereocenters. The molecule has 1 heterocycles. The first kappa shape index (κ1) is 23.6. The number of benzene rings is 2. The topological polar surface area (TPSA) is 98.8 Å². The van der Waals surface area contributed by atoms with Gasteiger partial charge in [0, 0.05) is 6.04 Å². The zero-order valence-corrected chi connectivity index (χ0v) is 19.8. The van der Waals surface area contributed by atoms with E-state index >= 15 is 0 Å². The highest BCUT2D eigenvalue weighted by atomic mass is 32.2. The van der Waals surface area contributed by atoms with Crippen LogP contribution in [0.4, 0.5) is 0 Å². The van der Waals surface area contributed by atoms with E-state index in [0.717, 1.165) is 11.3 Å². The Morgan fingerprint density at radius 1 is 1.00 bits per heavy atom. The lowest BCUT2D eigenvalue weighted by molar-refractivity contribution is 0.411. The van der Waals surface area contributed by atoms with Crippen LogP contribution in [0, 0.1) is 13.8 Å². The van der Waals surface area contributed by atoms with Gasteiger partial charge in [0.15, 0.2) is 19.7 Å². The van der Waals surface area contributed by atoms with Gasteiger partial charge < -0.3 is 14.8 Å². The molecule has 31 heavy (non-hydrogen) atoms. The molecule has 2 atom stereocenters. The van der Waals surface area contributed by atoms with E-state index in [9.17, 15) is 16.8 Å². The second-order valence-corrected chi connectivity index (χ2v) is 12.2. The number of sulfone groups is 2. The van der Waals surface area contributed by atoms with Crippen molar-refractivity contribution in [1.29, 1.82) is 0 Å². The van der Waals surface area contributed by atoms with Crippen molar-refractivity contribution in [2.45, 2.75) is 36.5 Å². The minimum Gasteiger partial charge on any atom is -0.497 e. The van der Waals surface area contributed by atoms with Crippen molar-refractivity contribution in [1.82, 2.24) is 5.32 Å². The molecule has 170 valence electrons. The van der Waals surface area contributed by atoms with Crippen LogP contribution in [0.15, 0.2) is 41.3 Å². The third-order valence-electron chi connectivity index (χ3n) is 5.68. The van der Waals surface area contributed by atoms with Crippen LogP contribution in [0.25, 0.3) is 0 Å². The van der Waals surface area contributed by atoms with E-state index in [1.165, 1.54) is 7.11 Å². The summed E-state index contributed by atoms with van der Waals surface area (Å²) in [5, 5.41) is 2.15. The summed E-state index contributed by atoms with van der Waals surface area (Å²) in [6.45, 7) is 3.94. The molecular weight excluding hydrogens is 438 g/mol. The van der Waals surface area contributed by atoms with Crippen molar-refractivity contribution in [3.8, 4) is 11.5 Å². The molecule has 0 amide bonds. The summed E-state index contributed by atoms with van der Waals surface area (Å²) < 4.78 is 62.0. The Labute approximate surface area is 184 Å². The number of aryl methyl sites for hydroxylation is 2. The molecule has 1 N–H and O–H groups in total. The van der Waals surface area contributed by atoms with Crippen LogP contribution in [0.2, 0.25) is 0 Å². The van der Waals surface area contributed by atoms with Gasteiger partial charge >= 0.3 is 0 Å². The number of rotatable bonds is 8. The minimum atomic E-state index is -3.85. The Bertz CT molecular complexity index is 1140. The van der Waals surface area contributed by atoms with Gasteiger partial charge in [-0.05, 0) is 67.8 Å². The fourth-order valence-corrected chi connectivity index (χ4v) is 8.98. The van der Waals surface area contributed by atoms with Gasteiger partial charge in [0.1, 0.15) is 11.5 Å². The van der Waals surface area contributed by atoms with Crippen molar-refractivity contribution in [2.75, 3.05) is 32.3 Å². The molecule has 9 heteroatoms. The minimum absolute atomic E-state index is 0.162. The maximum atomic E-state index is 13.4. The molecule has 0 spiro atoms. The highest BCUT2D eigenvalue weighted by Gasteiger charge is 2.46. The largest absolute Gasteiger partial charge is 0.497 e. The van der Waals surface area contributed by atoms with E-state index in [4.69, 9.17) is 9.47 Å². The molecule has 2 aromatic rings. The van der Waals surface area contributed by atoms with Gasteiger partial charge in [0.05, 0.1) is 35.9 Å². The van der Waals surface area contributed by atoms with Crippen LogP contribution in [0.3, 0.4) is 0 Å². The fourth-order valence-electron chi connectivity index (χ4n) is 3.96. The molecule has 2 aromatic carbocycles. The summed E-state index contributed by atoms with van der Waals surface area (Å²) in [5.41, 5.74) is 2.29. The predicted octanol–water partition coefficient (Wildman–Crippen LogP) is 2.09. The van der Waals surface area contributed by atoms with E-state index in [0.29, 0.717) is 29.8 Å². The molecule has 7 nitrogen and oxygen atoms in total. The Balaban J connectivity index is 1.80. The molecule has 1 saturated heterocycles. The van der Waals surface area contributed by atoms with Gasteiger partial charge in [-0.2, -0.15) is 0 Å². The summed E-state index contributed by atoms with van der Waals surface area (Å²) >= 11 is 0. The molecule has 0 saturated carbocycles. The van der Waals surface area contributed by atoms with Gasteiger partial charge in [-0.3, -0.25) is 0 Å². The molecule has 0 radical (unpaired) electrons. The molecule has 0 aromatic heterocycles. The number of nitrogens with one attached hydrogen (secondary N) is 1. The van der Waals surface area contributed by atoms with E-state index in [1.54, 1.807) is 33.1 Å². The van der Waals surface area contributed by atoms with Gasteiger partial charge in [-0.1, -0.05) is 12.1 Å². The first-order valence-electron chi connectivity index (χ1n) is 10.0. The molecule has 0 aliphatic carbocycles. The van der Waals surface area contributed by atoms with E-state index in [1.807, 2.05) is 24.3 Å². The summed E-state index contributed by atoms with van der Waals surface area (Å²) in [4.78, 5) is 0.162. The quantitative estimate of drug-likeness (QED) is 0.635. The first-order valence-corrected chi connectivity index (χ1v) is 13.4. The molecule has 1 aliphatic heterocycles. The van der Waals surface area contributed by atoms with Crippen LogP contribution in [0.1, 0.15) is 16.7 Å². The lowest BCUT2D eigenvalue weighted by atomic mass is 10.1. The summed E-state index contributed by atoms with van der Waals surface area (Å²) in [7, 11) is -4.18. The van der Waals surface area contributed by atoms with Crippen molar-refractivity contribution < 1.29 is 26.3 Å². The Hall–Kier alpha value is -2.10. The summed E-state index contributed by atoms with van der Waals surface area (Å²) in [5.74, 6) is 0.799. The first-order chi connectivity index (χ1) is 14.6. The van der Waals surface area contributed by atoms with E-state index < -0.39 is 31.0 Å². The molecule has 1 fully saturated rings. The molecule has 3 rings (SSSR count). The summed E-state index contributed by atoms with van der Waals surface area (Å²) in [6, 6.07) is 10.2. The maximum absolute atomic E-state index is 13.4. The normalized spacial score (nSPS) is 20.5. The lowest BCUT2D eigenvalue weighted by Crippen LogP contribution is -2.44. The molecule has 1 aliphatic rings. The molecular formula is C22H29NO6S2. The predicted molar refractivity (Wildman–Crippen MR) is 121 cm³/mol. The van der Waals surface area contributed by atoms with Gasteiger partial charge in [-0.15, -0.1) is 0 Å². The van der Waals surface area contributed by atoms with Crippen LogP contribution in [0.5, 0.6) is 11.5 Å². The molecule has 0 bridgehead atoms. The van der Waals surface area contributed by atoms with Crippen molar-refractivity contribution >= 4 is 19.7 Å². The Morgan fingerprint density at radius 2 is 1.68 bits per heavy atom. The number of hydrogen-bond acceptors (Lipinski definition) is 7. The average Bonchev–Trinajstić information content (AvgIpc) is 3.05. The van der Waals surface area contributed by atoms with Crippen molar-refractivity contribution in [3.63, 3.8) is 0 Å². The van der Waals surface area contributed by atoms with E-state index in [-0.39, 0.29) is 16.4 Å². The second kappa shape index (κ2) is 9.18. The Kier molecular flexibility index (Phi) is 6.98. The number of ether oxygens (including phenoxy) is 2. The van der Waals surface area contributed by atoms with Gasteiger partial charge in [-0.25, -0.2) is 16.8 Å². The maximum Gasteiger partial charge on any atom is 0.184 e. The lowest BCUT2D eigenvalue weighted by Gasteiger charge is -2.21. The van der Waals surface area contributed by atoms with Crippen LogP contribution in [-0.4, -0.2) is 60.4 Å². The highest BCUT2D eigenvalue weighted by molar-refractivity contribution is 7.96. The van der Waals surface area contributed by atoms with Gasteiger partial charge in [0.2, 0.25) is 0 Å². The fraction of sp³-hybridized carbons (Fsp3) is 0.455. The summed E-state index contributed by atoms with van der Waals surface area (Å²) in [6.07, 6.45) is 0.647. The third-order valence-corrected chi connectivity index (χ3v) is 9.97. The standard InChI is InChI=1S/C22H29NO6S2/c1-15-12-21(16(2)11-20(15)29-4)31(26,27)22-14-30(24,25)13-19(22)23-10-9-17-5-7-18(28-3)8-6-17/h5-8,11-12,19,22-23H,9-10,13-14H2,1-4H3/t19-,22-/m0/s1. The van der Waals surface area contributed by atoms with Crippen LogP contribution >= 0.6 is 0 Å². The Morgan fingerprint density at radius 3 is 2.29 bits per heavy atom. The zero-order valence-electron chi connectivity index (χ0n) is 18.2. The monoisotopic (exact) mass is 467 g/mol. The second-order valence-electron chi connectivity index (χ2n) is 7.91. The number of hydrogen-bond donors (Lipinski definition) is 1. The number of methoxy groups -OCH3 is 2. The smallest absolute Gasteiger partial charge is 0.184 e.